The van der Waals surface area contributed by atoms with Crippen LogP contribution in [0.4, 0.5) is 4.39 Å². The zero-order chi connectivity index (χ0) is 22.4. The zero-order valence-electron chi connectivity index (χ0n) is 18.0. The molecular weight excluding hydrogens is 411 g/mol. The average Bonchev–Trinajstić information content (AvgIpc) is 2.80. The Balaban J connectivity index is 1.70. The highest BCUT2D eigenvalue weighted by atomic mass is 19.1. The highest BCUT2D eigenvalue weighted by Gasteiger charge is 2.45. The molecule has 3 aliphatic rings. The number of rotatable bonds is 1. The van der Waals surface area contributed by atoms with Crippen LogP contribution in [0.1, 0.15) is 53.1 Å². The first-order chi connectivity index (χ1) is 15.3. The molecule has 1 atom stereocenters. The van der Waals surface area contributed by atoms with Crippen molar-refractivity contribution in [2.45, 2.75) is 64.7 Å². The Hall–Kier alpha value is -3.06. The van der Waals surface area contributed by atoms with Gasteiger partial charge in [0.1, 0.15) is 12.4 Å². The lowest BCUT2D eigenvalue weighted by Gasteiger charge is -2.34. The van der Waals surface area contributed by atoms with Gasteiger partial charge < -0.3 is 14.4 Å². The van der Waals surface area contributed by atoms with Gasteiger partial charge in [0, 0.05) is 23.6 Å². The molecular formula is C25H23FN2O4. The average molecular weight is 434 g/mol. The normalized spacial score (nSPS) is 21.1. The SMILES string of the molecule is CC[C@@]1(O)C(=O)OCc2c1cc1n(c2=O)CCc2c-1nc1cc(F)c(C)c3c1c2CCC3. The number of cyclic esters (lactones) is 1. The Morgan fingerprint density at radius 2 is 1.94 bits per heavy atom. The molecule has 164 valence electrons. The number of aliphatic hydroxyl groups is 1. The summed E-state index contributed by atoms with van der Waals surface area (Å²) in [6.07, 6.45) is 3.43. The molecule has 0 saturated carbocycles. The molecule has 7 heteroatoms. The molecule has 3 aromatic rings. The van der Waals surface area contributed by atoms with Gasteiger partial charge in [0.2, 0.25) is 0 Å². The van der Waals surface area contributed by atoms with Crippen molar-refractivity contribution in [2.75, 3.05) is 0 Å². The van der Waals surface area contributed by atoms with Gasteiger partial charge in [-0.1, -0.05) is 6.92 Å². The van der Waals surface area contributed by atoms with Gasteiger partial charge >= 0.3 is 5.97 Å². The van der Waals surface area contributed by atoms with E-state index in [1.807, 2.05) is 6.92 Å². The number of hydrogen-bond acceptors (Lipinski definition) is 5. The summed E-state index contributed by atoms with van der Waals surface area (Å²) in [4.78, 5) is 30.6. The van der Waals surface area contributed by atoms with Crippen molar-refractivity contribution >= 4 is 16.9 Å². The number of aryl methyl sites for hydroxylation is 2. The molecule has 0 saturated heterocycles. The molecule has 1 aromatic carbocycles. The van der Waals surface area contributed by atoms with Crippen LogP contribution in [0.3, 0.4) is 0 Å². The van der Waals surface area contributed by atoms with E-state index < -0.39 is 11.6 Å². The molecule has 0 bridgehead atoms. The maximum atomic E-state index is 14.7. The minimum absolute atomic E-state index is 0.0961. The third kappa shape index (κ3) is 2.34. The largest absolute Gasteiger partial charge is 0.458 e. The van der Waals surface area contributed by atoms with E-state index in [0.717, 1.165) is 35.8 Å². The summed E-state index contributed by atoms with van der Waals surface area (Å²) in [5, 5.41) is 12.1. The predicted molar refractivity (Wildman–Crippen MR) is 116 cm³/mol. The number of hydrogen-bond donors (Lipinski definition) is 1. The molecule has 0 fully saturated rings. The maximum absolute atomic E-state index is 14.7. The van der Waals surface area contributed by atoms with Crippen LogP contribution in [-0.4, -0.2) is 20.6 Å². The highest BCUT2D eigenvalue weighted by molar-refractivity contribution is 5.92. The van der Waals surface area contributed by atoms with Gasteiger partial charge in [-0.15, -0.1) is 0 Å². The quantitative estimate of drug-likeness (QED) is 0.595. The van der Waals surface area contributed by atoms with Gasteiger partial charge in [-0.25, -0.2) is 14.2 Å². The van der Waals surface area contributed by atoms with E-state index in [2.05, 4.69) is 0 Å². The first-order valence-electron chi connectivity index (χ1n) is 11.2. The van der Waals surface area contributed by atoms with Crippen molar-refractivity contribution in [1.82, 2.24) is 9.55 Å². The number of halogens is 1. The van der Waals surface area contributed by atoms with Crippen molar-refractivity contribution in [3.8, 4) is 11.4 Å². The van der Waals surface area contributed by atoms with Crippen LogP contribution >= 0.6 is 0 Å². The van der Waals surface area contributed by atoms with E-state index in [4.69, 9.17) is 9.72 Å². The van der Waals surface area contributed by atoms with Crippen molar-refractivity contribution in [3.05, 3.63) is 61.7 Å². The lowest BCUT2D eigenvalue weighted by molar-refractivity contribution is -0.172. The van der Waals surface area contributed by atoms with Gasteiger partial charge in [-0.2, -0.15) is 0 Å². The summed E-state index contributed by atoms with van der Waals surface area (Å²) in [5.74, 6) is -1.01. The minimum atomic E-state index is -1.86. The second kappa shape index (κ2) is 6.48. The van der Waals surface area contributed by atoms with E-state index in [1.54, 1.807) is 17.6 Å². The van der Waals surface area contributed by atoms with Crippen molar-refractivity contribution in [1.29, 1.82) is 0 Å². The van der Waals surface area contributed by atoms with E-state index in [-0.39, 0.29) is 24.4 Å². The van der Waals surface area contributed by atoms with Crippen molar-refractivity contribution in [3.63, 3.8) is 0 Å². The second-order valence-electron chi connectivity index (χ2n) is 9.05. The summed E-state index contributed by atoms with van der Waals surface area (Å²) in [7, 11) is 0. The molecule has 1 N–H and O–H groups in total. The van der Waals surface area contributed by atoms with Gasteiger partial charge in [0.25, 0.3) is 5.56 Å². The predicted octanol–water partition coefficient (Wildman–Crippen LogP) is 3.21. The van der Waals surface area contributed by atoms with E-state index in [9.17, 15) is 19.1 Å². The Morgan fingerprint density at radius 1 is 1.16 bits per heavy atom. The molecule has 0 radical (unpaired) electrons. The van der Waals surface area contributed by atoms with Crippen LogP contribution in [0.15, 0.2) is 16.9 Å². The van der Waals surface area contributed by atoms with Crippen LogP contribution in [0.2, 0.25) is 0 Å². The Morgan fingerprint density at radius 3 is 2.72 bits per heavy atom. The Kier molecular flexibility index (Phi) is 3.97. The van der Waals surface area contributed by atoms with Crippen LogP contribution in [0, 0.1) is 12.7 Å². The molecule has 1 aliphatic carbocycles. The number of nitrogens with zero attached hydrogens (tertiary/aromatic N) is 2. The summed E-state index contributed by atoms with van der Waals surface area (Å²) in [6, 6.07) is 3.21. The third-order valence-electron chi connectivity index (χ3n) is 7.54. The Bertz CT molecular complexity index is 1420. The minimum Gasteiger partial charge on any atom is -0.458 e. The van der Waals surface area contributed by atoms with E-state index >= 15 is 0 Å². The molecule has 0 spiro atoms. The van der Waals surface area contributed by atoms with Gasteiger partial charge in [0.15, 0.2) is 5.60 Å². The summed E-state index contributed by atoms with van der Waals surface area (Å²) < 4.78 is 21.5. The fraction of sp³-hybridized carbons (Fsp3) is 0.400. The van der Waals surface area contributed by atoms with E-state index in [1.165, 1.54) is 11.6 Å². The highest BCUT2D eigenvalue weighted by Crippen LogP contribution is 2.42. The van der Waals surface area contributed by atoms with Gasteiger partial charge in [-0.05, 0) is 67.3 Å². The maximum Gasteiger partial charge on any atom is 0.343 e. The lowest BCUT2D eigenvalue weighted by atomic mass is 9.81. The number of esters is 1. The van der Waals surface area contributed by atoms with Crippen LogP contribution in [0.5, 0.6) is 0 Å². The van der Waals surface area contributed by atoms with Crippen LogP contribution in [0.25, 0.3) is 22.3 Å². The number of pyridine rings is 2. The monoisotopic (exact) mass is 434 g/mol. The molecule has 6 nitrogen and oxygen atoms in total. The van der Waals surface area contributed by atoms with Crippen LogP contribution < -0.4 is 5.56 Å². The summed E-state index contributed by atoms with van der Waals surface area (Å²) >= 11 is 0. The number of carbonyl (C=O) groups excluding carboxylic acids is 1. The molecule has 6 rings (SSSR count). The zero-order valence-corrected chi connectivity index (χ0v) is 18.0. The molecule has 0 amide bonds. The molecule has 4 heterocycles. The van der Waals surface area contributed by atoms with Crippen LogP contribution in [-0.2, 0) is 47.5 Å². The molecule has 2 aliphatic heterocycles. The fourth-order valence-corrected chi connectivity index (χ4v) is 5.75. The summed E-state index contributed by atoms with van der Waals surface area (Å²) in [5.41, 5.74) is 4.30. The topological polar surface area (TPSA) is 81.4 Å². The Labute approximate surface area is 183 Å². The summed E-state index contributed by atoms with van der Waals surface area (Å²) in [6.45, 7) is 3.85. The van der Waals surface area contributed by atoms with Gasteiger partial charge in [0.05, 0.1) is 22.5 Å². The number of benzene rings is 1. The second-order valence-corrected chi connectivity index (χ2v) is 9.05. The number of carbonyl (C=O) groups is 1. The van der Waals surface area contributed by atoms with Crippen molar-refractivity contribution in [2.24, 2.45) is 0 Å². The van der Waals surface area contributed by atoms with Crippen molar-refractivity contribution < 1.29 is 19.0 Å². The first kappa shape index (κ1) is 19.6. The molecule has 32 heavy (non-hydrogen) atoms. The van der Waals surface area contributed by atoms with E-state index in [0.29, 0.717) is 46.6 Å². The number of ether oxygens (including phenoxy) is 1. The number of fused-ring (bicyclic) bond motifs is 5. The standard InChI is InChI=1S/C25H23FN2O4/c1-3-25(31)17-9-20-22-15(7-8-28(20)23(29)16(17)11-32-24(25)30)14-6-4-5-13-12(2)18(26)10-19(27-22)21(13)14/h9-10,31H,3-8,11H2,1-2H3/t25-/m0/s1. The lowest BCUT2D eigenvalue weighted by Crippen LogP contribution is -2.45. The fourth-order valence-electron chi connectivity index (χ4n) is 5.75. The third-order valence-corrected chi connectivity index (χ3v) is 7.54. The van der Waals surface area contributed by atoms with Gasteiger partial charge in [-0.3, -0.25) is 4.79 Å². The first-order valence-corrected chi connectivity index (χ1v) is 11.2. The molecule has 0 unspecified atom stereocenters. The number of aromatic nitrogens is 2. The molecule has 2 aromatic heterocycles. The smallest absolute Gasteiger partial charge is 0.343 e.